The lowest BCUT2D eigenvalue weighted by Crippen LogP contribution is -2.03. The van der Waals surface area contributed by atoms with Gasteiger partial charge in [0.2, 0.25) is 5.91 Å². The maximum Gasteiger partial charge on any atom is 0.341 e. The number of aromatic nitrogens is 1. The standard InChI is InChI=1S/C13H10N2O4/c1-6-11(13(17)18)12(19-15-6)7-2-3-9-8(4-7)5-10(16)14-9/h2-4H,5H2,1H3,(H,14,16)(H,17,18). The van der Waals surface area contributed by atoms with Crippen LogP contribution in [0.2, 0.25) is 0 Å². The van der Waals surface area contributed by atoms with Crippen molar-refractivity contribution in [3.63, 3.8) is 0 Å². The second-order valence-electron chi connectivity index (χ2n) is 4.37. The smallest absolute Gasteiger partial charge is 0.341 e. The van der Waals surface area contributed by atoms with E-state index in [-0.39, 0.29) is 17.2 Å². The third-order valence-corrected chi connectivity index (χ3v) is 3.07. The van der Waals surface area contributed by atoms with Crippen molar-refractivity contribution in [1.82, 2.24) is 5.16 Å². The van der Waals surface area contributed by atoms with Crippen molar-refractivity contribution >= 4 is 17.6 Å². The molecular weight excluding hydrogens is 248 g/mol. The molecule has 0 atom stereocenters. The highest BCUT2D eigenvalue weighted by Gasteiger charge is 2.23. The molecule has 3 rings (SSSR count). The number of carboxylic acid groups (broad SMARTS) is 1. The number of anilines is 1. The zero-order valence-corrected chi connectivity index (χ0v) is 10.1. The number of fused-ring (bicyclic) bond motifs is 1. The van der Waals surface area contributed by atoms with Gasteiger partial charge in [-0.25, -0.2) is 4.79 Å². The Labute approximate surface area is 108 Å². The molecule has 0 aliphatic carbocycles. The van der Waals surface area contributed by atoms with Crippen LogP contribution in [-0.4, -0.2) is 22.1 Å². The summed E-state index contributed by atoms with van der Waals surface area (Å²) in [6.45, 7) is 1.58. The van der Waals surface area contributed by atoms with E-state index in [4.69, 9.17) is 9.63 Å². The number of carbonyl (C=O) groups is 2. The van der Waals surface area contributed by atoms with E-state index in [0.717, 1.165) is 11.3 Å². The minimum Gasteiger partial charge on any atom is -0.477 e. The zero-order chi connectivity index (χ0) is 13.6. The lowest BCUT2D eigenvalue weighted by molar-refractivity contribution is -0.115. The molecule has 0 saturated carbocycles. The molecule has 1 aliphatic heterocycles. The van der Waals surface area contributed by atoms with Crippen molar-refractivity contribution in [2.24, 2.45) is 0 Å². The van der Waals surface area contributed by atoms with E-state index in [1.54, 1.807) is 25.1 Å². The van der Waals surface area contributed by atoms with Crippen LogP contribution < -0.4 is 5.32 Å². The molecule has 96 valence electrons. The van der Waals surface area contributed by atoms with Gasteiger partial charge < -0.3 is 14.9 Å². The van der Waals surface area contributed by atoms with E-state index >= 15 is 0 Å². The van der Waals surface area contributed by atoms with Gasteiger partial charge in [0, 0.05) is 11.3 Å². The van der Waals surface area contributed by atoms with E-state index in [1.807, 2.05) is 0 Å². The summed E-state index contributed by atoms with van der Waals surface area (Å²) >= 11 is 0. The number of carboxylic acids is 1. The summed E-state index contributed by atoms with van der Waals surface area (Å²) in [4.78, 5) is 22.5. The zero-order valence-electron chi connectivity index (χ0n) is 10.1. The summed E-state index contributed by atoms with van der Waals surface area (Å²) in [7, 11) is 0. The summed E-state index contributed by atoms with van der Waals surface area (Å²) in [6, 6.07) is 5.19. The number of carbonyl (C=O) groups excluding carboxylic acids is 1. The van der Waals surface area contributed by atoms with Crippen molar-refractivity contribution in [2.75, 3.05) is 5.32 Å². The van der Waals surface area contributed by atoms with Gasteiger partial charge in [0.25, 0.3) is 0 Å². The van der Waals surface area contributed by atoms with Crippen LogP contribution in [0.4, 0.5) is 5.69 Å². The molecule has 6 heteroatoms. The molecule has 1 aromatic carbocycles. The van der Waals surface area contributed by atoms with Gasteiger partial charge in [-0.3, -0.25) is 4.79 Å². The van der Waals surface area contributed by atoms with Crippen LogP contribution in [0.25, 0.3) is 11.3 Å². The third-order valence-electron chi connectivity index (χ3n) is 3.07. The van der Waals surface area contributed by atoms with E-state index in [0.29, 0.717) is 17.7 Å². The van der Waals surface area contributed by atoms with Gasteiger partial charge in [0.05, 0.1) is 12.1 Å². The van der Waals surface area contributed by atoms with Gasteiger partial charge in [-0.05, 0) is 30.7 Å². The fraction of sp³-hybridized carbons (Fsp3) is 0.154. The topological polar surface area (TPSA) is 92.4 Å². The fourth-order valence-corrected chi connectivity index (χ4v) is 2.19. The first kappa shape index (κ1) is 11.5. The van der Waals surface area contributed by atoms with Gasteiger partial charge >= 0.3 is 5.97 Å². The second-order valence-corrected chi connectivity index (χ2v) is 4.37. The first-order valence-corrected chi connectivity index (χ1v) is 5.69. The minimum atomic E-state index is -1.08. The maximum absolute atomic E-state index is 11.3. The highest BCUT2D eigenvalue weighted by atomic mass is 16.5. The normalized spacial score (nSPS) is 13.2. The van der Waals surface area contributed by atoms with Gasteiger partial charge in [0.1, 0.15) is 5.56 Å². The molecule has 0 bridgehead atoms. The molecule has 1 aromatic heterocycles. The second kappa shape index (κ2) is 3.94. The highest BCUT2D eigenvalue weighted by Crippen LogP contribution is 2.31. The van der Waals surface area contributed by atoms with E-state index < -0.39 is 5.97 Å². The average Bonchev–Trinajstić information content (AvgIpc) is 2.89. The molecule has 2 N–H and O–H groups in total. The minimum absolute atomic E-state index is 0.0530. The molecule has 1 aliphatic rings. The van der Waals surface area contributed by atoms with Gasteiger partial charge in [0.15, 0.2) is 5.76 Å². The van der Waals surface area contributed by atoms with Crippen LogP contribution >= 0.6 is 0 Å². The number of nitrogens with one attached hydrogen (secondary N) is 1. The summed E-state index contributed by atoms with van der Waals surface area (Å²) in [5.74, 6) is -0.935. The predicted octanol–water partition coefficient (Wildman–Crippen LogP) is 1.84. The van der Waals surface area contributed by atoms with Crippen LogP contribution in [0.1, 0.15) is 21.6 Å². The number of hydrogen-bond donors (Lipinski definition) is 2. The average molecular weight is 258 g/mol. The SMILES string of the molecule is Cc1noc(-c2ccc3c(c2)CC(=O)N3)c1C(=O)O. The van der Waals surface area contributed by atoms with Gasteiger partial charge in [-0.15, -0.1) is 0 Å². The summed E-state index contributed by atoms with van der Waals surface area (Å²) < 4.78 is 5.09. The van der Waals surface area contributed by atoms with Crippen LogP contribution in [0.5, 0.6) is 0 Å². The summed E-state index contributed by atoms with van der Waals surface area (Å²) in [5.41, 5.74) is 2.57. The number of aryl methyl sites for hydroxylation is 1. The molecule has 0 spiro atoms. The molecule has 2 aromatic rings. The van der Waals surface area contributed by atoms with Crippen molar-refractivity contribution in [3.8, 4) is 11.3 Å². The number of rotatable bonds is 2. The lowest BCUT2D eigenvalue weighted by Gasteiger charge is -2.02. The largest absolute Gasteiger partial charge is 0.477 e. The van der Waals surface area contributed by atoms with Crippen LogP contribution in [0.3, 0.4) is 0 Å². The molecule has 0 saturated heterocycles. The number of amides is 1. The lowest BCUT2D eigenvalue weighted by atomic mass is 10.0. The monoisotopic (exact) mass is 258 g/mol. The molecule has 2 heterocycles. The van der Waals surface area contributed by atoms with Crippen molar-refractivity contribution in [2.45, 2.75) is 13.3 Å². The molecule has 1 amide bonds. The Hall–Kier alpha value is -2.63. The number of aromatic carboxylic acids is 1. The van der Waals surface area contributed by atoms with Gasteiger partial charge in [-0.2, -0.15) is 0 Å². The van der Waals surface area contributed by atoms with E-state index in [1.165, 1.54) is 0 Å². The Kier molecular flexibility index (Phi) is 2.38. The molecule has 0 radical (unpaired) electrons. The molecule has 0 fully saturated rings. The number of hydrogen-bond acceptors (Lipinski definition) is 4. The fourth-order valence-electron chi connectivity index (χ4n) is 2.19. The molecular formula is C13H10N2O4. The molecule has 19 heavy (non-hydrogen) atoms. The quantitative estimate of drug-likeness (QED) is 0.857. The number of benzene rings is 1. The first-order chi connectivity index (χ1) is 9.06. The Morgan fingerprint density at radius 1 is 1.47 bits per heavy atom. The molecule has 0 unspecified atom stereocenters. The molecule has 6 nitrogen and oxygen atoms in total. The number of nitrogens with zero attached hydrogens (tertiary/aromatic N) is 1. The Morgan fingerprint density at radius 2 is 2.26 bits per heavy atom. The Bertz CT molecular complexity index is 703. The van der Waals surface area contributed by atoms with Crippen LogP contribution in [-0.2, 0) is 11.2 Å². The predicted molar refractivity (Wildman–Crippen MR) is 66.0 cm³/mol. The van der Waals surface area contributed by atoms with E-state index in [2.05, 4.69) is 10.5 Å². The Morgan fingerprint density at radius 3 is 3.00 bits per heavy atom. The van der Waals surface area contributed by atoms with E-state index in [9.17, 15) is 9.59 Å². The Balaban J connectivity index is 2.12. The van der Waals surface area contributed by atoms with Gasteiger partial charge in [-0.1, -0.05) is 5.16 Å². The summed E-state index contributed by atoms with van der Waals surface area (Å²) in [5, 5.41) is 15.6. The third kappa shape index (κ3) is 1.77. The van der Waals surface area contributed by atoms with Crippen LogP contribution in [0.15, 0.2) is 22.7 Å². The summed E-state index contributed by atoms with van der Waals surface area (Å²) in [6.07, 6.45) is 0.290. The first-order valence-electron chi connectivity index (χ1n) is 5.69. The van der Waals surface area contributed by atoms with Crippen molar-refractivity contribution in [3.05, 3.63) is 35.0 Å². The highest BCUT2D eigenvalue weighted by molar-refractivity contribution is 6.00. The van der Waals surface area contributed by atoms with Crippen molar-refractivity contribution < 1.29 is 19.2 Å². The van der Waals surface area contributed by atoms with Crippen LogP contribution in [0, 0.1) is 6.92 Å². The maximum atomic E-state index is 11.3. The van der Waals surface area contributed by atoms with Crippen molar-refractivity contribution in [1.29, 1.82) is 0 Å².